The van der Waals surface area contributed by atoms with Gasteiger partial charge in [-0.1, -0.05) is 0 Å². The summed E-state index contributed by atoms with van der Waals surface area (Å²) >= 11 is 0. The number of carbonyl (C=O) groups excluding carboxylic acids is 2. The monoisotopic (exact) mass is 284 g/mol. The minimum Gasteiger partial charge on any atom is -0.459 e. The number of rotatable bonds is 4. The molecular formula is C15H28N2O3. The van der Waals surface area contributed by atoms with Crippen LogP contribution in [0.15, 0.2) is 0 Å². The number of carbonyl (C=O) groups is 2. The molecular weight excluding hydrogens is 256 g/mol. The van der Waals surface area contributed by atoms with Crippen molar-refractivity contribution in [2.75, 3.05) is 20.1 Å². The molecule has 0 aliphatic carbocycles. The molecule has 0 N–H and O–H groups in total. The van der Waals surface area contributed by atoms with E-state index in [-0.39, 0.29) is 24.0 Å². The lowest BCUT2D eigenvalue weighted by Gasteiger charge is -2.29. The lowest BCUT2D eigenvalue weighted by Crippen LogP contribution is -2.46. The summed E-state index contributed by atoms with van der Waals surface area (Å²) < 4.78 is 5.44. The number of likely N-dealkylation sites (tertiary alicyclic amines) is 1. The molecule has 1 heterocycles. The van der Waals surface area contributed by atoms with Crippen molar-refractivity contribution in [3.63, 3.8) is 0 Å². The summed E-state index contributed by atoms with van der Waals surface area (Å²) in [6, 6.07) is -0.108. The van der Waals surface area contributed by atoms with Gasteiger partial charge in [0.25, 0.3) is 0 Å². The van der Waals surface area contributed by atoms with Crippen LogP contribution < -0.4 is 0 Å². The third-order valence-electron chi connectivity index (χ3n) is 3.55. The predicted molar refractivity (Wildman–Crippen MR) is 78.3 cm³/mol. The second-order valence-electron chi connectivity index (χ2n) is 6.76. The summed E-state index contributed by atoms with van der Waals surface area (Å²) in [4.78, 5) is 27.9. The van der Waals surface area contributed by atoms with E-state index in [1.165, 1.54) is 0 Å². The zero-order chi connectivity index (χ0) is 15.5. The molecule has 5 heteroatoms. The molecule has 0 radical (unpaired) electrons. The summed E-state index contributed by atoms with van der Waals surface area (Å²) in [6.07, 6.45) is 1.70. The van der Waals surface area contributed by atoms with Gasteiger partial charge in [0.2, 0.25) is 5.91 Å². The first kappa shape index (κ1) is 17.0. The lowest BCUT2D eigenvalue weighted by atomic mass is 10.1. The van der Waals surface area contributed by atoms with Crippen molar-refractivity contribution in [3.8, 4) is 0 Å². The van der Waals surface area contributed by atoms with E-state index in [0.29, 0.717) is 6.54 Å². The summed E-state index contributed by atoms with van der Waals surface area (Å²) in [5.41, 5.74) is -0.482. The Hall–Kier alpha value is -1.10. The highest BCUT2D eigenvalue weighted by atomic mass is 16.6. The van der Waals surface area contributed by atoms with Crippen LogP contribution in [0.2, 0.25) is 0 Å². The molecule has 1 aliphatic rings. The van der Waals surface area contributed by atoms with E-state index in [4.69, 9.17) is 4.74 Å². The molecule has 0 aromatic carbocycles. The molecule has 0 bridgehead atoms. The smallest absolute Gasteiger partial charge is 0.323 e. The first-order chi connectivity index (χ1) is 9.11. The largest absolute Gasteiger partial charge is 0.459 e. The van der Waals surface area contributed by atoms with Crippen molar-refractivity contribution in [1.29, 1.82) is 0 Å². The second kappa shape index (κ2) is 6.57. The van der Waals surface area contributed by atoms with Crippen LogP contribution in [0.1, 0.15) is 47.5 Å². The Balaban J connectivity index is 2.61. The van der Waals surface area contributed by atoms with Crippen molar-refractivity contribution in [2.45, 2.75) is 65.1 Å². The second-order valence-corrected chi connectivity index (χ2v) is 6.76. The Labute approximate surface area is 122 Å². The molecule has 0 spiro atoms. The highest BCUT2D eigenvalue weighted by molar-refractivity contribution is 5.81. The number of hydrogen-bond donors (Lipinski definition) is 0. The fourth-order valence-corrected chi connectivity index (χ4v) is 2.23. The molecule has 1 atom stereocenters. The zero-order valence-electron chi connectivity index (χ0n) is 13.6. The van der Waals surface area contributed by atoms with Gasteiger partial charge in [0.05, 0.1) is 6.54 Å². The third kappa shape index (κ3) is 4.78. The van der Waals surface area contributed by atoms with E-state index in [2.05, 4.69) is 0 Å². The van der Waals surface area contributed by atoms with E-state index in [1.54, 1.807) is 11.9 Å². The molecule has 1 aliphatic heterocycles. The first-order valence-electron chi connectivity index (χ1n) is 7.34. The topological polar surface area (TPSA) is 49.9 Å². The Morgan fingerprint density at radius 1 is 1.35 bits per heavy atom. The van der Waals surface area contributed by atoms with Crippen LogP contribution in [-0.4, -0.2) is 59.5 Å². The van der Waals surface area contributed by atoms with E-state index >= 15 is 0 Å². The summed E-state index contributed by atoms with van der Waals surface area (Å²) in [6.45, 7) is 10.6. The standard InChI is InChI=1S/C15H28N2O3/c1-11(2)16(6)13(18)10-17-9-7-8-12(17)14(19)20-15(3,4)5/h11-12H,7-10H2,1-6H3/t12-/m0/s1. The van der Waals surface area contributed by atoms with Gasteiger partial charge in [0.15, 0.2) is 0 Å². The van der Waals surface area contributed by atoms with Crippen LogP contribution in [-0.2, 0) is 14.3 Å². The minimum atomic E-state index is -0.482. The van der Waals surface area contributed by atoms with Crippen molar-refractivity contribution in [3.05, 3.63) is 0 Å². The maximum absolute atomic E-state index is 12.2. The number of ether oxygens (including phenoxy) is 1. The average Bonchev–Trinajstić information content (AvgIpc) is 2.73. The zero-order valence-corrected chi connectivity index (χ0v) is 13.6. The lowest BCUT2D eigenvalue weighted by molar-refractivity contribution is -0.160. The SMILES string of the molecule is CC(C)N(C)C(=O)CN1CCC[C@H]1C(=O)OC(C)(C)C. The molecule has 0 aromatic rings. The molecule has 5 nitrogen and oxygen atoms in total. The molecule has 0 unspecified atom stereocenters. The Morgan fingerprint density at radius 3 is 2.45 bits per heavy atom. The molecule has 1 amide bonds. The summed E-state index contributed by atoms with van der Waals surface area (Å²) in [7, 11) is 1.80. The fourth-order valence-electron chi connectivity index (χ4n) is 2.23. The van der Waals surface area contributed by atoms with Crippen LogP contribution >= 0.6 is 0 Å². The van der Waals surface area contributed by atoms with Gasteiger partial charge in [-0.2, -0.15) is 0 Å². The Morgan fingerprint density at radius 2 is 1.95 bits per heavy atom. The first-order valence-corrected chi connectivity index (χ1v) is 7.34. The molecule has 1 rings (SSSR count). The van der Waals surface area contributed by atoms with Gasteiger partial charge in [-0.3, -0.25) is 14.5 Å². The van der Waals surface area contributed by atoms with Gasteiger partial charge in [0, 0.05) is 13.1 Å². The van der Waals surface area contributed by atoms with Crippen LogP contribution in [0.3, 0.4) is 0 Å². The maximum atomic E-state index is 12.2. The quantitative estimate of drug-likeness (QED) is 0.737. The van der Waals surface area contributed by atoms with Gasteiger partial charge in [-0.05, 0) is 54.0 Å². The molecule has 1 saturated heterocycles. The number of hydrogen-bond acceptors (Lipinski definition) is 4. The van der Waals surface area contributed by atoms with E-state index in [9.17, 15) is 9.59 Å². The van der Waals surface area contributed by atoms with E-state index < -0.39 is 5.60 Å². The van der Waals surface area contributed by atoms with Gasteiger partial charge < -0.3 is 9.64 Å². The average molecular weight is 284 g/mol. The van der Waals surface area contributed by atoms with E-state index in [1.807, 2.05) is 39.5 Å². The molecule has 0 saturated carbocycles. The highest BCUT2D eigenvalue weighted by Crippen LogP contribution is 2.21. The van der Waals surface area contributed by atoms with Gasteiger partial charge in [-0.25, -0.2) is 0 Å². The minimum absolute atomic E-state index is 0.0514. The third-order valence-corrected chi connectivity index (χ3v) is 3.55. The summed E-state index contributed by atoms with van der Waals surface area (Å²) in [5.74, 6) is -0.162. The Kier molecular flexibility index (Phi) is 5.57. The van der Waals surface area contributed by atoms with Gasteiger partial charge in [0.1, 0.15) is 11.6 Å². The number of likely N-dealkylation sites (N-methyl/N-ethyl adjacent to an activating group) is 1. The summed E-state index contributed by atoms with van der Waals surface area (Å²) in [5, 5.41) is 0. The van der Waals surface area contributed by atoms with Crippen molar-refractivity contribution < 1.29 is 14.3 Å². The maximum Gasteiger partial charge on any atom is 0.323 e. The van der Waals surface area contributed by atoms with Crippen molar-refractivity contribution in [1.82, 2.24) is 9.80 Å². The molecule has 20 heavy (non-hydrogen) atoms. The van der Waals surface area contributed by atoms with Crippen LogP contribution in [0.5, 0.6) is 0 Å². The van der Waals surface area contributed by atoms with Crippen LogP contribution in [0.25, 0.3) is 0 Å². The van der Waals surface area contributed by atoms with Crippen molar-refractivity contribution >= 4 is 11.9 Å². The van der Waals surface area contributed by atoms with Crippen LogP contribution in [0.4, 0.5) is 0 Å². The van der Waals surface area contributed by atoms with Crippen LogP contribution in [0, 0.1) is 0 Å². The molecule has 116 valence electrons. The van der Waals surface area contributed by atoms with E-state index in [0.717, 1.165) is 19.4 Å². The number of amides is 1. The Bertz CT molecular complexity index is 361. The molecule has 0 aromatic heterocycles. The number of nitrogens with zero attached hydrogens (tertiary/aromatic N) is 2. The van der Waals surface area contributed by atoms with Gasteiger partial charge >= 0.3 is 5.97 Å². The normalized spacial score (nSPS) is 20.2. The fraction of sp³-hybridized carbons (Fsp3) is 0.867. The molecule has 1 fully saturated rings. The van der Waals surface area contributed by atoms with Crippen molar-refractivity contribution in [2.24, 2.45) is 0 Å². The number of esters is 1. The predicted octanol–water partition coefficient (Wildman–Crippen LogP) is 1.66. The highest BCUT2D eigenvalue weighted by Gasteiger charge is 2.35. The van der Waals surface area contributed by atoms with Gasteiger partial charge in [-0.15, -0.1) is 0 Å².